The van der Waals surface area contributed by atoms with Crippen LogP contribution in [0.4, 0.5) is 22.5 Å². The Morgan fingerprint density at radius 2 is 1.45 bits per heavy atom. The van der Waals surface area contributed by atoms with Gasteiger partial charge in [0.05, 0.1) is 49.0 Å². The van der Waals surface area contributed by atoms with Gasteiger partial charge < -0.3 is 85.1 Å². The van der Waals surface area contributed by atoms with Crippen molar-refractivity contribution in [2.75, 3.05) is 122 Å². The average Bonchev–Trinajstić information content (AvgIpc) is 1.51. The van der Waals surface area contributed by atoms with Gasteiger partial charge in [0, 0.05) is 196 Å². The summed E-state index contributed by atoms with van der Waals surface area (Å²) in [4.78, 5) is 146. The number of ketones is 3. The molecule has 1 aliphatic carbocycles. The standard InChI is InChI=1S/C94H125N19O16/c1-57-14-10-9-11-15-58(2)76(124-7)46-71-21-17-62(6)94(123,129-71)84(118)89(120)112-26-13-12-16-73(112)90(121)127-77(47-74(114)59(3)41-61(5)82(116)83(117)81(115)60(4)40-57)72(95)43-63-19-22-75(78(44-63)125-8)128-93(122)103-50-65-48-99-91(100-49-65)109-32-28-107(29-33-109)36-38-126-39-37-108-30-34-110(35-31-108)92-101-52-70(53-102-92)88(119)111-27-24-66-42-64(18-20-68(66)55-111)54-113-87-79(85(96)104-56-105-87)80(106-113)69-45-67-23-25-97-86(67)98-51-69/h9-11,14-15,18,20,23,25,41-42,45,48-49,51-53,56-57,59-60,62-63,71-73,75-78,82-83,116-117,123H,12-13,16-17,19,21-22,24,26-40,43-44,46-47,50,54-55,95H2,1-8H3,(H,97,98)(H,103,122)(H2,96,104,105)/b11-9?,14-10+,58-15?,61-41+/t57-,59-,60-,62-,63+,71+,72-,73+,75-,76+,77+,78-,82-,83+,94-/m1/s1. The Morgan fingerprint density at radius 1 is 0.729 bits per heavy atom. The van der Waals surface area contributed by atoms with E-state index in [9.17, 15) is 48.9 Å². The first kappa shape index (κ1) is 94.4. The number of H-pyrrole nitrogens is 1. The maximum atomic E-state index is 14.7. The SMILES string of the molecule is CO[C@H]1C[C@@H]2CC[C@@H](C)[C@@](O)(O2)C(=O)C(=O)N2CCCC[C@H]2C(=O)O[C@H]([C@H](N)C[C@@H]2CC[C@@H](OC(=O)NCc3cnc(N4CCN(CCOCCN5CCN(c6ncc(C(=O)N7CCc8cc(Cn9nc(-c%10cnc%11[nH]ccc%11c%10)c%10c(N)ncnc%109)ccc8C7)cn6)CC5)CC4)nc3)[C@H](OC)C2)CC(=O)[C@H](C)/C=C(\C)[C@@H](O)[C@@H](O)C(=O)[C@H](C)C[C@H](C)/C=C/C=CC=C1C. The number of amides is 3. The fourth-order valence-electron chi connectivity index (χ4n) is 18.8. The number of pyridine rings is 1. The molecule has 692 valence electrons. The topological polar surface area (TPSA) is 443 Å². The first-order chi connectivity index (χ1) is 62.2. The molecule has 3 amide bonds. The largest absolute Gasteiger partial charge is 0.459 e. The van der Waals surface area contributed by atoms with E-state index in [-0.39, 0.29) is 55.7 Å². The number of fused-ring (bicyclic) bond motifs is 6. The summed E-state index contributed by atoms with van der Waals surface area (Å²) in [5.74, 6) is -7.85. The van der Waals surface area contributed by atoms with Gasteiger partial charge in [-0.3, -0.25) is 33.8 Å². The number of nitrogens with one attached hydrogen (secondary N) is 2. The van der Waals surface area contributed by atoms with Gasteiger partial charge >= 0.3 is 12.1 Å². The molecular formula is C94H125N19O16. The smallest absolute Gasteiger partial charge is 0.407 e. The molecule has 0 spiro atoms. The molecule has 7 aromatic rings. The molecule has 6 aliphatic heterocycles. The van der Waals surface area contributed by atoms with Gasteiger partial charge in [0.2, 0.25) is 17.7 Å². The zero-order valence-corrected chi connectivity index (χ0v) is 75.2. The summed E-state index contributed by atoms with van der Waals surface area (Å²) in [5, 5.41) is 44.2. The van der Waals surface area contributed by atoms with E-state index in [1.165, 1.54) is 32.0 Å². The molecule has 5 fully saturated rings. The van der Waals surface area contributed by atoms with Gasteiger partial charge in [0.1, 0.15) is 59.7 Å². The zero-order valence-electron chi connectivity index (χ0n) is 75.2. The second kappa shape index (κ2) is 43.3. The molecule has 7 aliphatic rings. The number of aromatic amines is 1. The van der Waals surface area contributed by atoms with Gasteiger partial charge in [0.15, 0.2) is 11.4 Å². The van der Waals surface area contributed by atoms with Crippen molar-refractivity contribution in [2.45, 2.75) is 205 Å². The molecule has 4 saturated heterocycles. The van der Waals surface area contributed by atoms with Gasteiger partial charge in [-0.2, -0.15) is 5.10 Å². The summed E-state index contributed by atoms with van der Waals surface area (Å²) in [6, 6.07) is 8.10. The van der Waals surface area contributed by atoms with Crippen LogP contribution < -0.4 is 26.6 Å². The highest BCUT2D eigenvalue weighted by Gasteiger charge is 2.53. The third-order valence-electron chi connectivity index (χ3n) is 26.8. The number of ether oxygens (including phenoxy) is 6. The van der Waals surface area contributed by atoms with Crippen LogP contribution in [0, 0.1) is 29.6 Å². The van der Waals surface area contributed by atoms with Crippen LogP contribution in [0.25, 0.3) is 33.3 Å². The number of hydrogen-bond donors (Lipinski definition) is 7. The number of Topliss-reactive ketones (excluding diaryl/α,β-unsaturated/α-hetero) is 3. The van der Waals surface area contributed by atoms with Gasteiger partial charge in [-0.05, 0) is 136 Å². The lowest BCUT2D eigenvalue weighted by Gasteiger charge is -2.42. The van der Waals surface area contributed by atoms with E-state index in [2.05, 4.69) is 83.0 Å². The minimum absolute atomic E-state index is 0.00106. The minimum Gasteiger partial charge on any atom is -0.459 e. The molecule has 129 heavy (non-hydrogen) atoms. The molecule has 1 aromatic carbocycles. The lowest BCUT2D eigenvalue weighted by Crippen LogP contribution is -2.61. The van der Waals surface area contributed by atoms with Crippen LogP contribution in [-0.2, 0) is 78.4 Å². The summed E-state index contributed by atoms with van der Waals surface area (Å²) in [6.07, 6.45) is 19.2. The maximum absolute atomic E-state index is 14.7. The number of benzene rings is 1. The fourth-order valence-corrected chi connectivity index (χ4v) is 18.8. The van der Waals surface area contributed by atoms with E-state index in [1.54, 1.807) is 58.9 Å². The van der Waals surface area contributed by atoms with Crippen molar-refractivity contribution in [3.8, 4) is 11.3 Å². The third-order valence-corrected chi connectivity index (χ3v) is 26.8. The number of alkyl carbamates (subject to hydrolysis) is 1. The quantitative estimate of drug-likeness (QED) is 0.0171. The maximum Gasteiger partial charge on any atom is 0.407 e. The number of aromatic nitrogens is 10. The van der Waals surface area contributed by atoms with Gasteiger partial charge in [-0.25, -0.2) is 49.2 Å². The second-order valence-corrected chi connectivity index (χ2v) is 35.9. The van der Waals surface area contributed by atoms with Crippen molar-refractivity contribution in [3.05, 3.63) is 149 Å². The van der Waals surface area contributed by atoms with E-state index < -0.39 is 120 Å². The van der Waals surface area contributed by atoms with Crippen molar-refractivity contribution in [3.63, 3.8) is 0 Å². The van der Waals surface area contributed by atoms with Crippen molar-refractivity contribution in [1.82, 2.24) is 74.6 Å². The number of aliphatic hydroxyl groups is 3. The highest BCUT2D eigenvalue weighted by molar-refractivity contribution is 6.39. The molecule has 12 heterocycles. The number of methoxy groups -OCH3 is 2. The Balaban J connectivity index is 0.498. The number of esters is 1. The van der Waals surface area contributed by atoms with Crippen LogP contribution in [0.2, 0.25) is 0 Å². The Morgan fingerprint density at radius 3 is 2.16 bits per heavy atom. The molecule has 14 rings (SSSR count). The molecule has 15 atom stereocenters. The fraction of sp³-hybridized carbons (Fsp3) is 0.564. The number of piperidine rings is 1. The van der Waals surface area contributed by atoms with Crippen molar-refractivity contribution < 1.29 is 77.3 Å². The second-order valence-electron chi connectivity index (χ2n) is 35.9. The Bertz CT molecular complexity index is 5200. The normalized spacial score (nSPS) is 27.8. The van der Waals surface area contributed by atoms with Gasteiger partial charge in [-0.15, -0.1) is 0 Å². The third kappa shape index (κ3) is 23.2. The monoisotopic (exact) mass is 1780 g/mol. The van der Waals surface area contributed by atoms with Crippen LogP contribution in [0.5, 0.6) is 0 Å². The number of carbonyl (C=O) groups excluding carboxylic acids is 7. The first-order valence-electron chi connectivity index (χ1n) is 45.5. The van der Waals surface area contributed by atoms with Crippen molar-refractivity contribution in [2.24, 2.45) is 35.3 Å². The molecule has 1 saturated carbocycles. The summed E-state index contributed by atoms with van der Waals surface area (Å²) in [6.45, 7) is 21.0. The lowest BCUT2D eigenvalue weighted by atomic mass is 9.80. The number of carbonyl (C=O) groups is 7. The van der Waals surface area contributed by atoms with Crippen LogP contribution in [0.3, 0.4) is 0 Å². The summed E-state index contributed by atoms with van der Waals surface area (Å²) < 4.78 is 38.3. The van der Waals surface area contributed by atoms with E-state index in [4.69, 9.17) is 45.0 Å². The molecule has 9 N–H and O–H groups in total. The van der Waals surface area contributed by atoms with Crippen LogP contribution >= 0.6 is 0 Å². The van der Waals surface area contributed by atoms with Crippen LogP contribution in [0.1, 0.15) is 151 Å². The lowest BCUT2D eigenvalue weighted by molar-refractivity contribution is -0.265. The number of hydrogen-bond acceptors (Lipinski definition) is 30. The van der Waals surface area contributed by atoms with Crippen LogP contribution in [0.15, 0.2) is 121 Å². The number of rotatable bonds is 20. The van der Waals surface area contributed by atoms with Gasteiger partial charge in [-0.1, -0.05) is 82.4 Å². The molecule has 0 radical (unpaired) electrons. The Labute approximate surface area is 751 Å². The number of nitrogen functional groups attached to an aromatic ring is 1. The average molecular weight is 1780 g/mol. The van der Waals surface area contributed by atoms with Gasteiger partial charge in [0.25, 0.3) is 17.6 Å². The number of aliphatic hydroxyl groups excluding tert-OH is 2. The van der Waals surface area contributed by atoms with Crippen molar-refractivity contribution in [1.29, 1.82) is 0 Å². The predicted octanol–water partition coefficient (Wildman–Crippen LogP) is 7.20. The first-order valence-corrected chi connectivity index (χ1v) is 45.5. The molecular weight excluding hydrogens is 1650 g/mol. The number of allylic oxidation sites excluding steroid dienone is 6. The van der Waals surface area contributed by atoms with E-state index in [0.717, 1.165) is 104 Å². The highest BCUT2D eigenvalue weighted by Crippen LogP contribution is 2.39. The summed E-state index contributed by atoms with van der Waals surface area (Å²) in [7, 11) is 3.08. The molecule has 35 nitrogen and oxygen atoms in total. The molecule has 6 aromatic heterocycles. The molecule has 35 heteroatoms. The Kier molecular flexibility index (Phi) is 31.7. The summed E-state index contributed by atoms with van der Waals surface area (Å²) >= 11 is 0. The molecule has 2 bridgehead atoms. The predicted molar refractivity (Wildman–Crippen MR) is 481 cm³/mol. The van der Waals surface area contributed by atoms with E-state index >= 15 is 0 Å². The Hall–Kier alpha value is -10.7. The van der Waals surface area contributed by atoms with Crippen molar-refractivity contribution >= 4 is 81.0 Å². The number of piperazine rings is 2. The van der Waals surface area contributed by atoms with E-state index in [1.807, 2.05) is 72.1 Å². The van der Waals surface area contributed by atoms with Crippen LogP contribution in [-0.4, -0.2) is 292 Å². The zero-order chi connectivity index (χ0) is 91.2. The van der Waals surface area contributed by atoms with E-state index in [0.29, 0.717) is 136 Å². The number of nitrogens with zero attached hydrogens (tertiary/aromatic N) is 15. The summed E-state index contributed by atoms with van der Waals surface area (Å²) in [5.41, 5.74) is 21.9. The number of nitrogens with two attached hydrogens (primary N) is 2. The highest BCUT2D eigenvalue weighted by atomic mass is 16.6. The minimum atomic E-state index is -2.51. The number of anilines is 3. The molecule has 0 unspecified atom stereocenters. The number of cyclic esters (lactones) is 1.